The number of hydrogen-bond donors (Lipinski definition) is 2. The van der Waals surface area contributed by atoms with Crippen molar-refractivity contribution in [2.45, 2.75) is 19.9 Å². The summed E-state index contributed by atoms with van der Waals surface area (Å²) >= 11 is 0. The van der Waals surface area contributed by atoms with Gasteiger partial charge < -0.3 is 10.1 Å². The van der Waals surface area contributed by atoms with Crippen molar-refractivity contribution in [3.8, 4) is 5.75 Å². The summed E-state index contributed by atoms with van der Waals surface area (Å²) in [4.78, 5) is 24.4. The Hall–Kier alpha value is -1.52. The second-order valence-corrected chi connectivity index (χ2v) is 2.75. The fourth-order valence-corrected chi connectivity index (χ4v) is 0.946. The standard InChI is InChI=1S/C7H10N2O3/c1-4(2)9-6(11)5(10)3-8-7(9)12/h3-4,10H,1-2H3,(H,8,12). The first kappa shape index (κ1) is 8.58. The minimum atomic E-state index is -0.659. The number of nitrogens with zero attached hydrogens (tertiary/aromatic N) is 1. The van der Waals surface area contributed by atoms with Gasteiger partial charge in [-0.2, -0.15) is 0 Å². The molecule has 0 aromatic carbocycles. The Morgan fingerprint density at radius 3 is 2.50 bits per heavy atom. The fourth-order valence-electron chi connectivity index (χ4n) is 0.946. The van der Waals surface area contributed by atoms with Crippen LogP contribution in [0.3, 0.4) is 0 Å². The normalized spacial score (nSPS) is 10.6. The molecule has 0 aliphatic heterocycles. The molecule has 0 radical (unpaired) electrons. The highest BCUT2D eigenvalue weighted by atomic mass is 16.3. The van der Waals surface area contributed by atoms with Crippen LogP contribution in [0, 0.1) is 0 Å². The zero-order valence-corrected chi connectivity index (χ0v) is 6.87. The van der Waals surface area contributed by atoms with Gasteiger partial charge in [0.25, 0.3) is 5.56 Å². The molecule has 0 aliphatic carbocycles. The van der Waals surface area contributed by atoms with Crippen LogP contribution in [0.5, 0.6) is 5.75 Å². The number of aromatic amines is 1. The lowest BCUT2D eigenvalue weighted by molar-refractivity contribution is 0.437. The first-order valence-electron chi connectivity index (χ1n) is 3.57. The smallest absolute Gasteiger partial charge is 0.328 e. The van der Waals surface area contributed by atoms with Crippen molar-refractivity contribution in [1.29, 1.82) is 0 Å². The first-order valence-corrected chi connectivity index (χ1v) is 3.57. The molecule has 1 rings (SSSR count). The molecule has 5 nitrogen and oxygen atoms in total. The maximum atomic E-state index is 11.1. The molecular weight excluding hydrogens is 160 g/mol. The van der Waals surface area contributed by atoms with Crippen molar-refractivity contribution in [2.24, 2.45) is 0 Å². The summed E-state index contributed by atoms with van der Waals surface area (Å²) in [6, 6.07) is -0.256. The molecule has 0 atom stereocenters. The predicted octanol–water partition coefficient (Wildman–Crippen LogP) is -0.177. The maximum absolute atomic E-state index is 11.1. The van der Waals surface area contributed by atoms with Gasteiger partial charge in [-0.05, 0) is 13.8 Å². The van der Waals surface area contributed by atoms with E-state index >= 15 is 0 Å². The minimum absolute atomic E-state index is 0.256. The summed E-state index contributed by atoms with van der Waals surface area (Å²) < 4.78 is 0.954. The third-order valence-corrected chi connectivity index (χ3v) is 1.51. The summed E-state index contributed by atoms with van der Waals surface area (Å²) in [6.45, 7) is 3.38. The lowest BCUT2D eigenvalue weighted by Gasteiger charge is -2.06. The van der Waals surface area contributed by atoms with E-state index in [1.807, 2.05) is 0 Å². The Morgan fingerprint density at radius 1 is 1.50 bits per heavy atom. The number of aromatic nitrogens is 2. The topological polar surface area (TPSA) is 75.1 Å². The van der Waals surface area contributed by atoms with Gasteiger partial charge in [-0.1, -0.05) is 0 Å². The summed E-state index contributed by atoms with van der Waals surface area (Å²) in [7, 11) is 0. The monoisotopic (exact) mass is 170 g/mol. The van der Waals surface area contributed by atoms with Crippen LogP contribution in [-0.2, 0) is 0 Å². The Morgan fingerprint density at radius 2 is 2.08 bits per heavy atom. The van der Waals surface area contributed by atoms with E-state index in [0.717, 1.165) is 10.8 Å². The summed E-state index contributed by atoms with van der Waals surface area (Å²) in [6.07, 6.45) is 0.990. The van der Waals surface area contributed by atoms with Gasteiger partial charge in [0.15, 0.2) is 5.75 Å². The molecule has 0 amide bonds. The van der Waals surface area contributed by atoms with Crippen molar-refractivity contribution in [2.75, 3.05) is 0 Å². The van der Waals surface area contributed by atoms with E-state index in [2.05, 4.69) is 4.98 Å². The molecule has 0 aliphatic rings. The van der Waals surface area contributed by atoms with E-state index in [9.17, 15) is 9.59 Å². The Labute approximate surface area is 68.3 Å². The minimum Gasteiger partial charge on any atom is -0.502 e. The fraction of sp³-hybridized carbons (Fsp3) is 0.429. The van der Waals surface area contributed by atoms with Crippen LogP contribution in [0.2, 0.25) is 0 Å². The number of H-pyrrole nitrogens is 1. The SMILES string of the molecule is CC(C)n1c(=O)[nH]cc(O)c1=O. The van der Waals surface area contributed by atoms with Crippen molar-refractivity contribution >= 4 is 0 Å². The highest BCUT2D eigenvalue weighted by Crippen LogP contribution is 1.98. The van der Waals surface area contributed by atoms with Gasteiger partial charge in [0.2, 0.25) is 0 Å². The second kappa shape index (κ2) is 2.84. The van der Waals surface area contributed by atoms with Gasteiger partial charge >= 0.3 is 5.69 Å². The highest BCUT2D eigenvalue weighted by molar-refractivity contribution is 5.09. The molecule has 5 heteroatoms. The van der Waals surface area contributed by atoms with E-state index in [1.54, 1.807) is 13.8 Å². The zero-order chi connectivity index (χ0) is 9.30. The van der Waals surface area contributed by atoms with E-state index in [0.29, 0.717) is 0 Å². The highest BCUT2D eigenvalue weighted by Gasteiger charge is 2.07. The lowest BCUT2D eigenvalue weighted by Crippen LogP contribution is -2.35. The Kier molecular flexibility index (Phi) is 2.03. The summed E-state index contributed by atoms with van der Waals surface area (Å²) in [5.74, 6) is -0.441. The molecular formula is C7H10N2O3. The third kappa shape index (κ3) is 1.25. The molecule has 66 valence electrons. The van der Waals surface area contributed by atoms with Crippen LogP contribution in [-0.4, -0.2) is 14.7 Å². The second-order valence-electron chi connectivity index (χ2n) is 2.75. The van der Waals surface area contributed by atoms with Gasteiger partial charge in [-0.15, -0.1) is 0 Å². The van der Waals surface area contributed by atoms with Crippen LogP contribution in [0.4, 0.5) is 0 Å². The van der Waals surface area contributed by atoms with Crippen molar-refractivity contribution in [3.63, 3.8) is 0 Å². The zero-order valence-electron chi connectivity index (χ0n) is 6.87. The van der Waals surface area contributed by atoms with Crippen molar-refractivity contribution in [3.05, 3.63) is 27.0 Å². The Balaban J connectivity index is 3.55. The predicted molar refractivity (Wildman–Crippen MR) is 43.4 cm³/mol. The number of hydrogen-bond acceptors (Lipinski definition) is 3. The van der Waals surface area contributed by atoms with Gasteiger partial charge in [0.05, 0.1) is 6.20 Å². The maximum Gasteiger partial charge on any atom is 0.328 e. The summed E-state index contributed by atoms with van der Waals surface area (Å²) in [5, 5.41) is 8.97. The van der Waals surface area contributed by atoms with E-state index in [4.69, 9.17) is 5.11 Å². The third-order valence-electron chi connectivity index (χ3n) is 1.51. The van der Waals surface area contributed by atoms with Crippen molar-refractivity contribution < 1.29 is 5.11 Å². The lowest BCUT2D eigenvalue weighted by atomic mass is 10.4. The molecule has 0 spiro atoms. The van der Waals surface area contributed by atoms with Crippen LogP contribution in [0.15, 0.2) is 15.8 Å². The quantitative estimate of drug-likeness (QED) is 0.614. The van der Waals surface area contributed by atoms with Crippen LogP contribution < -0.4 is 11.2 Å². The average Bonchev–Trinajstić information content (AvgIpc) is 1.97. The summed E-state index contributed by atoms with van der Waals surface area (Å²) in [5.41, 5.74) is -1.17. The molecule has 2 N–H and O–H groups in total. The van der Waals surface area contributed by atoms with Gasteiger partial charge in [-0.25, -0.2) is 4.79 Å². The first-order chi connectivity index (χ1) is 5.54. The van der Waals surface area contributed by atoms with Gasteiger partial charge in [-0.3, -0.25) is 9.36 Å². The number of nitrogens with one attached hydrogen (secondary N) is 1. The number of aromatic hydroxyl groups is 1. The molecule has 0 saturated heterocycles. The Bertz CT molecular complexity index is 388. The molecule has 1 aromatic heterocycles. The molecule has 0 bridgehead atoms. The molecule has 12 heavy (non-hydrogen) atoms. The largest absolute Gasteiger partial charge is 0.502 e. The average molecular weight is 170 g/mol. The van der Waals surface area contributed by atoms with Gasteiger partial charge in [0.1, 0.15) is 0 Å². The number of rotatable bonds is 1. The van der Waals surface area contributed by atoms with Crippen LogP contribution >= 0.6 is 0 Å². The molecule has 0 saturated carbocycles. The molecule has 0 fully saturated rings. The van der Waals surface area contributed by atoms with Crippen LogP contribution in [0.1, 0.15) is 19.9 Å². The van der Waals surface area contributed by atoms with Crippen LogP contribution in [0.25, 0.3) is 0 Å². The molecule has 0 unspecified atom stereocenters. The van der Waals surface area contributed by atoms with E-state index in [-0.39, 0.29) is 6.04 Å². The molecule has 1 heterocycles. The van der Waals surface area contributed by atoms with E-state index in [1.165, 1.54) is 0 Å². The van der Waals surface area contributed by atoms with Crippen molar-refractivity contribution in [1.82, 2.24) is 9.55 Å². The molecule has 1 aromatic rings. The van der Waals surface area contributed by atoms with E-state index < -0.39 is 17.0 Å². The van der Waals surface area contributed by atoms with Gasteiger partial charge in [0, 0.05) is 6.04 Å².